The van der Waals surface area contributed by atoms with Crippen molar-refractivity contribution < 1.29 is 9.59 Å². The van der Waals surface area contributed by atoms with Gasteiger partial charge in [-0.15, -0.1) is 11.8 Å². The number of nitrogens with zero attached hydrogens (tertiary/aromatic N) is 1. The van der Waals surface area contributed by atoms with Crippen molar-refractivity contribution in [2.24, 2.45) is 0 Å². The molecule has 1 aromatic rings. The largest absolute Gasteiger partial charge is 0.350 e. The fourth-order valence-corrected chi connectivity index (χ4v) is 3.46. The first kappa shape index (κ1) is 15.9. The summed E-state index contributed by atoms with van der Waals surface area (Å²) < 4.78 is 0. The average Bonchev–Trinajstić information content (AvgIpc) is 3.01. The molecular formula is C16H22N2O2S. The molecule has 1 aliphatic rings. The van der Waals surface area contributed by atoms with Crippen LogP contribution in [-0.4, -0.2) is 34.4 Å². The molecule has 1 unspecified atom stereocenters. The summed E-state index contributed by atoms with van der Waals surface area (Å²) in [5.74, 6) is 1.38. The first-order chi connectivity index (χ1) is 10.2. The van der Waals surface area contributed by atoms with Gasteiger partial charge in [0, 0.05) is 18.7 Å². The predicted molar refractivity (Wildman–Crippen MR) is 85.8 cm³/mol. The lowest BCUT2D eigenvalue weighted by atomic mass is 10.2. The van der Waals surface area contributed by atoms with E-state index in [-0.39, 0.29) is 17.9 Å². The summed E-state index contributed by atoms with van der Waals surface area (Å²) in [6.45, 7) is 2.58. The highest BCUT2D eigenvalue weighted by molar-refractivity contribution is 7.99. The minimum atomic E-state index is -0.317. The lowest BCUT2D eigenvalue weighted by Gasteiger charge is -2.23. The number of unbranched alkanes of at least 4 members (excludes halogenated alkanes) is 1. The van der Waals surface area contributed by atoms with Crippen molar-refractivity contribution in [3.63, 3.8) is 0 Å². The SMILES string of the molecule is CCCCC(=O)N1CSCC1C(=O)NCc1ccccc1. The van der Waals surface area contributed by atoms with E-state index in [1.807, 2.05) is 30.3 Å². The first-order valence-electron chi connectivity index (χ1n) is 7.41. The third-order valence-electron chi connectivity index (χ3n) is 3.56. The molecule has 0 aliphatic carbocycles. The van der Waals surface area contributed by atoms with Crippen molar-refractivity contribution >= 4 is 23.6 Å². The van der Waals surface area contributed by atoms with Crippen molar-refractivity contribution in [1.82, 2.24) is 10.2 Å². The van der Waals surface area contributed by atoms with E-state index in [0.29, 0.717) is 24.6 Å². The maximum Gasteiger partial charge on any atom is 0.243 e. The third-order valence-corrected chi connectivity index (χ3v) is 4.57. The minimum absolute atomic E-state index is 0.0475. The second-order valence-corrected chi connectivity index (χ2v) is 6.19. The number of hydrogen-bond donors (Lipinski definition) is 1. The number of rotatable bonds is 6. The van der Waals surface area contributed by atoms with Crippen LogP contribution in [0, 0.1) is 0 Å². The molecule has 2 amide bonds. The Morgan fingerprint density at radius 3 is 2.81 bits per heavy atom. The van der Waals surface area contributed by atoms with Gasteiger partial charge in [-0.3, -0.25) is 9.59 Å². The Kier molecular flexibility index (Phi) is 6.11. The van der Waals surface area contributed by atoms with Gasteiger partial charge < -0.3 is 10.2 Å². The van der Waals surface area contributed by atoms with Crippen molar-refractivity contribution in [2.75, 3.05) is 11.6 Å². The Bertz CT molecular complexity index is 478. The third kappa shape index (κ3) is 4.49. The number of benzene rings is 1. The minimum Gasteiger partial charge on any atom is -0.350 e. The van der Waals surface area contributed by atoms with Crippen LogP contribution in [-0.2, 0) is 16.1 Å². The zero-order valence-corrected chi connectivity index (χ0v) is 13.2. The molecule has 5 heteroatoms. The average molecular weight is 306 g/mol. The molecule has 1 aliphatic heterocycles. The van der Waals surface area contributed by atoms with E-state index in [2.05, 4.69) is 12.2 Å². The number of carbonyl (C=O) groups excluding carboxylic acids is 2. The van der Waals surface area contributed by atoms with Crippen molar-refractivity contribution in [3.8, 4) is 0 Å². The fraction of sp³-hybridized carbons (Fsp3) is 0.500. The molecule has 1 N–H and O–H groups in total. The van der Waals surface area contributed by atoms with Gasteiger partial charge in [0.05, 0.1) is 5.88 Å². The molecule has 1 saturated heterocycles. The maximum atomic E-state index is 12.3. The van der Waals surface area contributed by atoms with Gasteiger partial charge >= 0.3 is 0 Å². The summed E-state index contributed by atoms with van der Waals surface area (Å²) in [6.07, 6.45) is 2.43. The number of thioether (sulfide) groups is 1. The number of nitrogens with one attached hydrogen (secondary N) is 1. The molecule has 1 atom stereocenters. The van der Waals surface area contributed by atoms with E-state index in [1.54, 1.807) is 16.7 Å². The molecule has 4 nitrogen and oxygen atoms in total. The lowest BCUT2D eigenvalue weighted by molar-refractivity contribution is -0.138. The van der Waals surface area contributed by atoms with Crippen LogP contribution in [0.1, 0.15) is 31.7 Å². The Morgan fingerprint density at radius 2 is 2.10 bits per heavy atom. The summed E-state index contributed by atoms with van der Waals surface area (Å²) in [5.41, 5.74) is 1.07. The number of amides is 2. The highest BCUT2D eigenvalue weighted by Gasteiger charge is 2.33. The Labute approximate surface area is 130 Å². The van der Waals surface area contributed by atoms with Crippen LogP contribution in [0.2, 0.25) is 0 Å². The van der Waals surface area contributed by atoms with E-state index >= 15 is 0 Å². The van der Waals surface area contributed by atoms with Crippen LogP contribution in [0.25, 0.3) is 0 Å². The number of carbonyl (C=O) groups is 2. The van der Waals surface area contributed by atoms with E-state index in [0.717, 1.165) is 18.4 Å². The molecule has 21 heavy (non-hydrogen) atoms. The standard InChI is InChI=1S/C16H22N2O2S/c1-2-3-9-15(19)18-12-21-11-14(18)16(20)17-10-13-7-5-4-6-8-13/h4-8,14H,2-3,9-12H2,1H3,(H,17,20). The predicted octanol–water partition coefficient (Wildman–Crippen LogP) is 2.39. The van der Waals surface area contributed by atoms with Crippen LogP contribution < -0.4 is 5.32 Å². The van der Waals surface area contributed by atoms with Crippen molar-refractivity contribution in [2.45, 2.75) is 38.8 Å². The molecule has 0 radical (unpaired) electrons. The molecule has 0 aromatic heterocycles. The van der Waals surface area contributed by atoms with Crippen LogP contribution in [0.4, 0.5) is 0 Å². The van der Waals surface area contributed by atoms with Crippen LogP contribution in [0.5, 0.6) is 0 Å². The highest BCUT2D eigenvalue weighted by Crippen LogP contribution is 2.22. The fourth-order valence-electron chi connectivity index (χ4n) is 2.28. The van der Waals surface area contributed by atoms with Gasteiger partial charge in [-0.1, -0.05) is 43.7 Å². The summed E-state index contributed by atoms with van der Waals surface area (Å²) in [4.78, 5) is 26.1. The molecular weight excluding hydrogens is 284 g/mol. The van der Waals surface area contributed by atoms with Crippen LogP contribution in [0.15, 0.2) is 30.3 Å². The monoisotopic (exact) mass is 306 g/mol. The van der Waals surface area contributed by atoms with Gasteiger partial charge in [-0.05, 0) is 12.0 Å². The first-order valence-corrected chi connectivity index (χ1v) is 8.56. The molecule has 2 rings (SSSR count). The number of hydrogen-bond acceptors (Lipinski definition) is 3. The van der Waals surface area contributed by atoms with Gasteiger partial charge in [-0.2, -0.15) is 0 Å². The summed E-state index contributed by atoms with van der Waals surface area (Å²) in [7, 11) is 0. The molecule has 1 heterocycles. The Hall–Kier alpha value is -1.49. The molecule has 0 saturated carbocycles. The summed E-state index contributed by atoms with van der Waals surface area (Å²) >= 11 is 1.65. The van der Waals surface area contributed by atoms with Gasteiger partial charge in [0.1, 0.15) is 6.04 Å². The second kappa shape index (κ2) is 8.08. The second-order valence-electron chi connectivity index (χ2n) is 5.19. The maximum absolute atomic E-state index is 12.3. The van der Waals surface area contributed by atoms with E-state index in [9.17, 15) is 9.59 Å². The Balaban J connectivity index is 1.87. The molecule has 114 valence electrons. The van der Waals surface area contributed by atoms with E-state index < -0.39 is 0 Å². The smallest absolute Gasteiger partial charge is 0.243 e. The van der Waals surface area contributed by atoms with Gasteiger partial charge in [0.2, 0.25) is 11.8 Å². The zero-order valence-electron chi connectivity index (χ0n) is 12.4. The van der Waals surface area contributed by atoms with Crippen LogP contribution >= 0.6 is 11.8 Å². The Morgan fingerprint density at radius 1 is 1.33 bits per heavy atom. The lowest BCUT2D eigenvalue weighted by Crippen LogP contribution is -2.47. The molecule has 0 spiro atoms. The zero-order chi connectivity index (χ0) is 15.1. The van der Waals surface area contributed by atoms with Crippen molar-refractivity contribution in [3.05, 3.63) is 35.9 Å². The van der Waals surface area contributed by atoms with E-state index in [1.165, 1.54) is 0 Å². The highest BCUT2D eigenvalue weighted by atomic mass is 32.2. The summed E-state index contributed by atoms with van der Waals surface area (Å²) in [6, 6.07) is 9.50. The van der Waals surface area contributed by atoms with Gasteiger partial charge in [0.15, 0.2) is 0 Å². The normalized spacial score (nSPS) is 17.8. The quantitative estimate of drug-likeness (QED) is 0.878. The van der Waals surface area contributed by atoms with E-state index in [4.69, 9.17) is 0 Å². The molecule has 1 fully saturated rings. The van der Waals surface area contributed by atoms with Gasteiger partial charge in [-0.25, -0.2) is 0 Å². The van der Waals surface area contributed by atoms with Crippen molar-refractivity contribution in [1.29, 1.82) is 0 Å². The summed E-state index contributed by atoms with van der Waals surface area (Å²) in [5, 5.41) is 2.94. The van der Waals surface area contributed by atoms with Gasteiger partial charge in [0.25, 0.3) is 0 Å². The molecule has 1 aromatic carbocycles. The topological polar surface area (TPSA) is 49.4 Å². The van der Waals surface area contributed by atoms with Crippen LogP contribution in [0.3, 0.4) is 0 Å². The molecule has 0 bridgehead atoms.